The van der Waals surface area contributed by atoms with Gasteiger partial charge in [-0.2, -0.15) is 5.26 Å². The number of hydrogen-bond donors (Lipinski definition) is 0. The van der Waals surface area contributed by atoms with Crippen LogP contribution in [0.2, 0.25) is 5.02 Å². The molecule has 0 saturated carbocycles. The first kappa shape index (κ1) is 17.2. The van der Waals surface area contributed by atoms with Crippen LogP contribution in [0.5, 0.6) is 5.75 Å². The Kier molecular flexibility index (Phi) is 5.49. The van der Waals surface area contributed by atoms with Crippen LogP contribution in [0.3, 0.4) is 0 Å². The van der Waals surface area contributed by atoms with Gasteiger partial charge in [0.25, 0.3) is 0 Å². The fourth-order valence-electron chi connectivity index (χ4n) is 2.32. The molecule has 25 heavy (non-hydrogen) atoms. The van der Waals surface area contributed by atoms with Crippen molar-refractivity contribution in [3.8, 4) is 23.1 Å². The second kappa shape index (κ2) is 7.98. The van der Waals surface area contributed by atoms with Crippen LogP contribution in [0.1, 0.15) is 17.5 Å². The average molecular weight is 367 g/mol. The lowest BCUT2D eigenvalue weighted by atomic mass is 10.1. The zero-order valence-electron chi connectivity index (χ0n) is 13.6. The molecule has 0 unspecified atom stereocenters. The summed E-state index contributed by atoms with van der Waals surface area (Å²) in [5, 5.41) is 12.8. The van der Waals surface area contributed by atoms with E-state index in [4.69, 9.17) is 16.3 Å². The topological polar surface area (TPSA) is 45.9 Å². The summed E-state index contributed by atoms with van der Waals surface area (Å²) >= 11 is 7.45. The van der Waals surface area contributed by atoms with Gasteiger partial charge in [-0.3, -0.25) is 0 Å². The molecule has 5 heteroatoms. The van der Waals surface area contributed by atoms with Crippen LogP contribution in [-0.4, -0.2) is 11.6 Å². The number of thiazole rings is 1. The number of nitrogens with zero attached hydrogens (tertiary/aromatic N) is 2. The van der Waals surface area contributed by atoms with E-state index in [1.165, 1.54) is 11.3 Å². The molecule has 1 heterocycles. The minimum atomic E-state index is 0.518. The van der Waals surface area contributed by atoms with Crippen LogP contribution in [0.4, 0.5) is 0 Å². The first-order valence-corrected chi connectivity index (χ1v) is 9.02. The number of halogens is 1. The van der Waals surface area contributed by atoms with Crippen LogP contribution in [0, 0.1) is 11.3 Å². The first-order valence-electron chi connectivity index (χ1n) is 7.76. The Bertz CT molecular complexity index is 939. The molecule has 3 aromatic rings. The van der Waals surface area contributed by atoms with E-state index >= 15 is 0 Å². The summed E-state index contributed by atoms with van der Waals surface area (Å²) in [7, 11) is 0. The standard InChI is InChI=1S/C20H15ClN2OS/c1-2-24-18-8-6-15(7-9-18)19-13-25-20(23-19)16(12-22)10-14-4-3-5-17(21)11-14/h3-11,13H,2H2,1H3. The van der Waals surface area contributed by atoms with Gasteiger partial charge in [-0.1, -0.05) is 23.7 Å². The summed E-state index contributed by atoms with van der Waals surface area (Å²) < 4.78 is 5.45. The van der Waals surface area contributed by atoms with Gasteiger partial charge in [-0.25, -0.2) is 4.98 Å². The monoisotopic (exact) mass is 366 g/mol. The summed E-state index contributed by atoms with van der Waals surface area (Å²) in [6, 6.07) is 17.4. The Morgan fingerprint density at radius 3 is 2.76 bits per heavy atom. The number of allylic oxidation sites excluding steroid dienone is 1. The largest absolute Gasteiger partial charge is 0.494 e. The molecular weight excluding hydrogens is 352 g/mol. The van der Waals surface area contributed by atoms with Gasteiger partial charge in [-0.15, -0.1) is 11.3 Å². The van der Waals surface area contributed by atoms with Gasteiger partial charge >= 0.3 is 0 Å². The van der Waals surface area contributed by atoms with Gasteiger partial charge in [0.05, 0.1) is 17.9 Å². The molecule has 124 valence electrons. The quantitative estimate of drug-likeness (QED) is 0.526. The molecule has 0 spiro atoms. The highest BCUT2D eigenvalue weighted by molar-refractivity contribution is 7.11. The lowest BCUT2D eigenvalue weighted by Crippen LogP contribution is -1.90. The van der Waals surface area contributed by atoms with Crippen LogP contribution in [-0.2, 0) is 0 Å². The SMILES string of the molecule is CCOc1ccc(-c2csc(C(C#N)=Cc3cccc(Cl)c3)n2)cc1. The molecule has 3 nitrogen and oxygen atoms in total. The number of hydrogen-bond acceptors (Lipinski definition) is 4. The predicted octanol–water partition coefficient (Wildman–Crippen LogP) is 5.93. The zero-order chi connectivity index (χ0) is 17.6. The van der Waals surface area contributed by atoms with Crippen LogP contribution in [0.25, 0.3) is 22.9 Å². The van der Waals surface area contributed by atoms with Crippen molar-refractivity contribution < 1.29 is 4.74 Å². The van der Waals surface area contributed by atoms with Crippen molar-refractivity contribution in [2.24, 2.45) is 0 Å². The maximum atomic E-state index is 9.48. The smallest absolute Gasteiger partial charge is 0.134 e. The molecule has 0 amide bonds. The zero-order valence-corrected chi connectivity index (χ0v) is 15.1. The normalized spacial score (nSPS) is 11.2. The van der Waals surface area contributed by atoms with E-state index in [9.17, 15) is 5.26 Å². The molecule has 0 aliphatic carbocycles. The Morgan fingerprint density at radius 2 is 2.08 bits per heavy atom. The van der Waals surface area contributed by atoms with Gasteiger partial charge in [0.15, 0.2) is 0 Å². The van der Waals surface area contributed by atoms with E-state index in [-0.39, 0.29) is 0 Å². The molecule has 0 aliphatic heterocycles. The third kappa shape index (κ3) is 4.27. The minimum absolute atomic E-state index is 0.518. The highest BCUT2D eigenvalue weighted by atomic mass is 35.5. The number of ether oxygens (including phenoxy) is 1. The number of benzene rings is 2. The second-order valence-corrected chi connectivity index (χ2v) is 6.51. The lowest BCUT2D eigenvalue weighted by molar-refractivity contribution is 0.340. The van der Waals surface area contributed by atoms with Crippen molar-refractivity contribution in [3.05, 3.63) is 69.5 Å². The van der Waals surface area contributed by atoms with Gasteiger partial charge in [0.1, 0.15) is 16.8 Å². The average Bonchev–Trinajstić information content (AvgIpc) is 3.10. The van der Waals surface area contributed by atoms with E-state index in [2.05, 4.69) is 11.1 Å². The van der Waals surface area contributed by atoms with Crippen LogP contribution < -0.4 is 4.74 Å². The summed E-state index contributed by atoms with van der Waals surface area (Å²) in [6.45, 7) is 2.59. The maximum absolute atomic E-state index is 9.48. The Balaban J connectivity index is 1.87. The number of aromatic nitrogens is 1. The van der Waals surface area contributed by atoms with Gasteiger partial charge in [0.2, 0.25) is 0 Å². The molecule has 0 aliphatic rings. The third-order valence-electron chi connectivity index (χ3n) is 3.48. The lowest BCUT2D eigenvalue weighted by Gasteiger charge is -2.03. The van der Waals surface area contributed by atoms with Crippen molar-refractivity contribution in [1.82, 2.24) is 4.98 Å². The summed E-state index contributed by atoms with van der Waals surface area (Å²) in [5.74, 6) is 0.834. The molecule has 3 rings (SSSR count). The summed E-state index contributed by atoms with van der Waals surface area (Å²) in [5.41, 5.74) is 3.23. The van der Waals surface area contributed by atoms with Crippen molar-refractivity contribution in [2.75, 3.05) is 6.61 Å². The van der Waals surface area contributed by atoms with Gasteiger partial charge in [0, 0.05) is 16.0 Å². The van der Waals surface area contributed by atoms with Gasteiger partial charge < -0.3 is 4.74 Å². The first-order chi connectivity index (χ1) is 12.2. The second-order valence-electron chi connectivity index (χ2n) is 5.22. The van der Waals surface area contributed by atoms with Crippen molar-refractivity contribution in [2.45, 2.75) is 6.92 Å². The van der Waals surface area contributed by atoms with Crippen molar-refractivity contribution in [3.63, 3.8) is 0 Å². The molecule has 2 aromatic carbocycles. The van der Waals surface area contributed by atoms with Crippen LogP contribution in [0.15, 0.2) is 53.9 Å². The molecule has 0 atom stereocenters. The summed E-state index contributed by atoms with van der Waals surface area (Å²) in [4.78, 5) is 4.60. The highest BCUT2D eigenvalue weighted by Crippen LogP contribution is 2.28. The molecular formula is C20H15ClN2OS. The Labute approximate surface area is 155 Å². The minimum Gasteiger partial charge on any atom is -0.494 e. The fourth-order valence-corrected chi connectivity index (χ4v) is 3.32. The maximum Gasteiger partial charge on any atom is 0.134 e. The van der Waals surface area contributed by atoms with Gasteiger partial charge in [-0.05, 0) is 55.0 Å². The number of nitriles is 1. The van der Waals surface area contributed by atoms with Crippen molar-refractivity contribution >= 4 is 34.6 Å². The van der Waals surface area contributed by atoms with Crippen molar-refractivity contribution in [1.29, 1.82) is 5.26 Å². The van der Waals surface area contributed by atoms with E-state index in [0.717, 1.165) is 22.6 Å². The van der Waals surface area contributed by atoms with E-state index < -0.39 is 0 Å². The van der Waals surface area contributed by atoms with E-state index in [1.54, 1.807) is 12.1 Å². The van der Waals surface area contributed by atoms with E-state index in [1.807, 2.05) is 54.8 Å². The molecule has 0 saturated heterocycles. The Hall–Kier alpha value is -2.61. The molecule has 1 aromatic heterocycles. The molecule has 0 radical (unpaired) electrons. The summed E-state index contributed by atoms with van der Waals surface area (Å²) in [6.07, 6.45) is 1.80. The molecule has 0 N–H and O–H groups in total. The third-order valence-corrected chi connectivity index (χ3v) is 4.59. The fraction of sp³-hybridized carbons (Fsp3) is 0.100. The Morgan fingerprint density at radius 1 is 1.28 bits per heavy atom. The number of rotatable bonds is 5. The molecule has 0 fully saturated rings. The molecule has 0 bridgehead atoms. The highest BCUT2D eigenvalue weighted by Gasteiger charge is 2.09. The van der Waals surface area contributed by atoms with Crippen LogP contribution >= 0.6 is 22.9 Å². The van der Waals surface area contributed by atoms with E-state index in [0.29, 0.717) is 22.2 Å². The predicted molar refractivity (Wildman–Crippen MR) is 104 cm³/mol.